The number of rotatable bonds is 5. The highest BCUT2D eigenvalue weighted by Gasteiger charge is 2.40. The second kappa shape index (κ2) is 9.84. The number of hydrogen-bond donors (Lipinski definition) is 2. The highest BCUT2D eigenvalue weighted by molar-refractivity contribution is 14.0. The fraction of sp³-hybridized carbons (Fsp3) is 0.588. The molecule has 1 unspecified atom stereocenters. The summed E-state index contributed by atoms with van der Waals surface area (Å²) < 4.78 is 10.8. The van der Waals surface area contributed by atoms with Crippen LogP contribution in [0.15, 0.2) is 29.3 Å². The number of ether oxygens (including phenoxy) is 2. The van der Waals surface area contributed by atoms with Crippen molar-refractivity contribution in [2.24, 2.45) is 10.7 Å². The average molecular weight is 478 g/mol. The fourth-order valence-corrected chi connectivity index (χ4v) is 4.73. The van der Waals surface area contributed by atoms with Crippen LogP contribution >= 0.6 is 35.7 Å². The first-order chi connectivity index (χ1) is 11.7. The molecule has 0 radical (unpaired) electrons. The number of halogens is 1. The number of anilines is 1. The summed E-state index contributed by atoms with van der Waals surface area (Å²) in [5.74, 6) is 3.49. The van der Waals surface area contributed by atoms with Crippen LogP contribution in [-0.2, 0) is 4.74 Å². The van der Waals surface area contributed by atoms with Crippen LogP contribution in [0, 0.1) is 0 Å². The number of morpholine rings is 1. The maximum Gasteiger partial charge on any atom is 0.193 e. The van der Waals surface area contributed by atoms with Crippen molar-refractivity contribution in [1.29, 1.82) is 0 Å². The van der Waals surface area contributed by atoms with E-state index in [4.69, 9.17) is 15.2 Å². The van der Waals surface area contributed by atoms with Crippen LogP contribution in [0.4, 0.5) is 5.69 Å². The maximum atomic E-state index is 6.13. The van der Waals surface area contributed by atoms with Crippen molar-refractivity contribution in [3.8, 4) is 5.75 Å². The van der Waals surface area contributed by atoms with E-state index in [2.05, 4.69) is 15.2 Å². The number of hydrogen-bond acceptors (Lipinski definition) is 5. The van der Waals surface area contributed by atoms with E-state index in [-0.39, 0.29) is 29.5 Å². The zero-order valence-corrected chi connectivity index (χ0v) is 17.7. The molecule has 25 heavy (non-hydrogen) atoms. The Morgan fingerprint density at radius 1 is 1.40 bits per heavy atom. The van der Waals surface area contributed by atoms with Crippen molar-refractivity contribution in [3.05, 3.63) is 24.3 Å². The lowest BCUT2D eigenvalue weighted by Crippen LogP contribution is -2.56. The van der Waals surface area contributed by atoms with Gasteiger partial charge in [-0.05, 0) is 24.3 Å². The van der Waals surface area contributed by atoms with Gasteiger partial charge in [-0.1, -0.05) is 12.1 Å². The Bertz CT molecular complexity index is 576. The smallest absolute Gasteiger partial charge is 0.193 e. The van der Waals surface area contributed by atoms with Crippen LogP contribution in [-0.4, -0.2) is 67.9 Å². The lowest BCUT2D eigenvalue weighted by atomic mass is 9.96. The number of nitrogens with one attached hydrogen (secondary N) is 1. The predicted octanol–water partition coefficient (Wildman–Crippen LogP) is 2.25. The first-order valence-electron chi connectivity index (χ1n) is 8.34. The first kappa shape index (κ1) is 20.6. The van der Waals surface area contributed by atoms with E-state index < -0.39 is 0 Å². The van der Waals surface area contributed by atoms with E-state index in [0.717, 1.165) is 49.9 Å². The topological polar surface area (TPSA) is 72.1 Å². The molecular formula is C17H27IN4O2S. The Kier molecular flexibility index (Phi) is 8.11. The Hall–Kier alpha value is -0.710. The Morgan fingerprint density at radius 3 is 2.84 bits per heavy atom. The Morgan fingerprint density at radius 2 is 2.16 bits per heavy atom. The number of nitrogens with two attached hydrogens (primary N) is 1. The molecule has 2 aliphatic rings. The molecule has 140 valence electrons. The molecule has 0 aromatic heterocycles. The van der Waals surface area contributed by atoms with Gasteiger partial charge in [-0.2, -0.15) is 11.8 Å². The van der Waals surface area contributed by atoms with E-state index in [9.17, 15) is 0 Å². The van der Waals surface area contributed by atoms with Gasteiger partial charge in [-0.15, -0.1) is 24.0 Å². The summed E-state index contributed by atoms with van der Waals surface area (Å²) in [7, 11) is 1.65. The molecule has 0 saturated carbocycles. The first-order valence-corrected chi connectivity index (χ1v) is 9.49. The van der Waals surface area contributed by atoms with Gasteiger partial charge in [0, 0.05) is 18.8 Å². The van der Waals surface area contributed by atoms with Gasteiger partial charge in [-0.25, -0.2) is 0 Å². The maximum absolute atomic E-state index is 6.13. The van der Waals surface area contributed by atoms with Gasteiger partial charge < -0.3 is 20.5 Å². The SMILES string of the molecule is COc1ccccc1NC(N)=NCC1(N2CCOCC2)CCSC1.I. The molecular weight excluding hydrogens is 451 g/mol. The summed E-state index contributed by atoms with van der Waals surface area (Å²) in [5, 5.41) is 3.16. The van der Waals surface area contributed by atoms with Crippen LogP contribution in [0.5, 0.6) is 5.75 Å². The van der Waals surface area contributed by atoms with Crippen molar-refractivity contribution in [3.63, 3.8) is 0 Å². The van der Waals surface area contributed by atoms with Gasteiger partial charge in [0.1, 0.15) is 5.75 Å². The van der Waals surface area contributed by atoms with Crippen molar-refractivity contribution < 1.29 is 9.47 Å². The van der Waals surface area contributed by atoms with Crippen molar-refractivity contribution in [2.45, 2.75) is 12.0 Å². The molecule has 2 saturated heterocycles. The second-order valence-corrected chi connectivity index (χ2v) is 7.26. The molecule has 1 atom stereocenters. The van der Waals surface area contributed by atoms with Gasteiger partial charge in [0.15, 0.2) is 5.96 Å². The summed E-state index contributed by atoms with van der Waals surface area (Å²) in [6, 6.07) is 7.71. The molecule has 3 N–H and O–H groups in total. The molecule has 0 amide bonds. The largest absolute Gasteiger partial charge is 0.495 e. The van der Waals surface area contributed by atoms with E-state index >= 15 is 0 Å². The third-order valence-electron chi connectivity index (χ3n) is 4.68. The van der Waals surface area contributed by atoms with Crippen LogP contribution in [0.1, 0.15) is 6.42 Å². The number of methoxy groups -OCH3 is 1. The summed E-state index contributed by atoms with van der Waals surface area (Å²) in [5.41, 5.74) is 7.08. The molecule has 2 heterocycles. The summed E-state index contributed by atoms with van der Waals surface area (Å²) >= 11 is 2.00. The van der Waals surface area contributed by atoms with Crippen LogP contribution in [0.3, 0.4) is 0 Å². The highest BCUT2D eigenvalue weighted by Crippen LogP contribution is 2.34. The lowest BCUT2D eigenvalue weighted by Gasteiger charge is -2.42. The quantitative estimate of drug-likeness (QED) is 0.385. The van der Waals surface area contributed by atoms with Crippen molar-refractivity contribution >= 4 is 47.4 Å². The van der Waals surface area contributed by atoms with E-state index in [1.807, 2.05) is 36.0 Å². The molecule has 3 rings (SSSR count). The molecule has 0 spiro atoms. The molecule has 6 nitrogen and oxygen atoms in total. The van der Waals surface area contributed by atoms with Crippen molar-refractivity contribution in [1.82, 2.24) is 4.90 Å². The number of nitrogens with zero attached hydrogens (tertiary/aromatic N) is 2. The van der Waals surface area contributed by atoms with Crippen LogP contribution in [0.25, 0.3) is 0 Å². The Labute approximate surface area is 170 Å². The number of thioether (sulfide) groups is 1. The summed E-state index contributed by atoms with van der Waals surface area (Å²) in [6.07, 6.45) is 1.16. The molecule has 0 aliphatic carbocycles. The normalized spacial score (nSPS) is 24.6. The average Bonchev–Trinajstić information content (AvgIpc) is 3.11. The minimum Gasteiger partial charge on any atom is -0.495 e. The van der Waals surface area contributed by atoms with E-state index in [0.29, 0.717) is 12.5 Å². The molecule has 1 aromatic rings. The molecule has 0 bridgehead atoms. The molecule has 2 fully saturated rings. The summed E-state index contributed by atoms with van der Waals surface area (Å²) in [6.45, 7) is 4.30. The van der Waals surface area contributed by atoms with Gasteiger partial charge in [0.25, 0.3) is 0 Å². The minimum atomic E-state index is 0. The zero-order valence-electron chi connectivity index (χ0n) is 14.6. The van der Waals surface area contributed by atoms with Crippen LogP contribution < -0.4 is 15.8 Å². The third-order valence-corrected chi connectivity index (χ3v) is 5.91. The number of aliphatic imine (C=N–C) groups is 1. The predicted molar refractivity (Wildman–Crippen MR) is 116 cm³/mol. The zero-order chi connectivity index (χ0) is 16.8. The molecule has 2 aliphatic heterocycles. The number of para-hydroxylation sites is 2. The second-order valence-electron chi connectivity index (χ2n) is 6.15. The monoisotopic (exact) mass is 478 g/mol. The minimum absolute atomic E-state index is 0. The Balaban J connectivity index is 0.00000225. The summed E-state index contributed by atoms with van der Waals surface area (Å²) in [4.78, 5) is 7.19. The highest BCUT2D eigenvalue weighted by atomic mass is 127. The molecule has 8 heteroatoms. The fourth-order valence-electron chi connectivity index (χ4n) is 3.27. The standard InChI is InChI=1S/C17H26N4O2S.HI/c1-22-15-5-3-2-4-14(15)20-16(18)19-12-17(6-11-24-13-17)21-7-9-23-10-8-21;/h2-5H,6-13H2,1H3,(H3,18,19,20);1H. The number of guanidine groups is 1. The van der Waals surface area contributed by atoms with Gasteiger partial charge >= 0.3 is 0 Å². The molecule has 1 aromatic carbocycles. The van der Waals surface area contributed by atoms with Gasteiger partial charge in [-0.3, -0.25) is 9.89 Å². The van der Waals surface area contributed by atoms with Crippen molar-refractivity contribution in [2.75, 3.05) is 56.8 Å². The third kappa shape index (κ3) is 5.15. The van der Waals surface area contributed by atoms with Gasteiger partial charge in [0.05, 0.1) is 38.1 Å². The lowest BCUT2D eigenvalue weighted by molar-refractivity contribution is -0.0104. The van der Waals surface area contributed by atoms with Crippen LogP contribution in [0.2, 0.25) is 0 Å². The van der Waals surface area contributed by atoms with Gasteiger partial charge in [0.2, 0.25) is 0 Å². The number of benzene rings is 1. The van der Waals surface area contributed by atoms with E-state index in [1.54, 1.807) is 7.11 Å². The van der Waals surface area contributed by atoms with E-state index in [1.165, 1.54) is 5.75 Å².